The third kappa shape index (κ3) is 5.09. The Morgan fingerprint density at radius 2 is 1.76 bits per heavy atom. The van der Waals surface area contributed by atoms with Crippen molar-refractivity contribution < 1.29 is 17.9 Å². The average Bonchev–Trinajstić information content (AvgIpc) is 3.21. The Kier molecular flexibility index (Phi) is 6.45. The van der Waals surface area contributed by atoms with Crippen molar-refractivity contribution in [3.8, 4) is 5.75 Å². The first-order chi connectivity index (χ1) is 13.9. The molecule has 0 atom stereocenters. The number of sulfonamides is 1. The van der Waals surface area contributed by atoms with E-state index in [0.29, 0.717) is 23.7 Å². The third-order valence-corrected chi connectivity index (χ3v) is 5.98. The molecule has 152 valence electrons. The maximum absolute atomic E-state index is 12.7. The smallest absolute Gasteiger partial charge is 0.279 e. The SMILES string of the molecule is CCOc1ccc(NS(=O)(=O)c2[nH]ncc2C(=O)Nc2ccc(SC)cc2)cc1. The second-order valence-corrected chi connectivity index (χ2v) is 8.36. The number of thioether (sulfide) groups is 1. The number of anilines is 2. The van der Waals surface area contributed by atoms with E-state index in [2.05, 4.69) is 20.2 Å². The van der Waals surface area contributed by atoms with E-state index in [9.17, 15) is 13.2 Å². The Balaban J connectivity index is 1.77. The largest absolute Gasteiger partial charge is 0.494 e. The molecule has 1 aromatic heterocycles. The molecule has 0 fully saturated rings. The molecule has 0 unspecified atom stereocenters. The van der Waals surface area contributed by atoms with Gasteiger partial charge in [0, 0.05) is 16.3 Å². The molecule has 2 aromatic carbocycles. The summed E-state index contributed by atoms with van der Waals surface area (Å²) >= 11 is 1.58. The molecule has 0 aliphatic rings. The van der Waals surface area contributed by atoms with Crippen LogP contribution in [-0.2, 0) is 10.0 Å². The van der Waals surface area contributed by atoms with Crippen LogP contribution in [0.1, 0.15) is 17.3 Å². The number of H-pyrrole nitrogens is 1. The first-order valence-electron chi connectivity index (χ1n) is 8.67. The quantitative estimate of drug-likeness (QED) is 0.469. The van der Waals surface area contributed by atoms with E-state index in [1.165, 1.54) is 6.20 Å². The molecule has 0 spiro atoms. The second-order valence-electron chi connectivity index (χ2n) is 5.86. The summed E-state index contributed by atoms with van der Waals surface area (Å²) < 4.78 is 33.2. The van der Waals surface area contributed by atoms with Crippen molar-refractivity contribution in [2.45, 2.75) is 16.8 Å². The number of carbonyl (C=O) groups excluding carboxylic acids is 1. The van der Waals surface area contributed by atoms with Crippen molar-refractivity contribution in [2.75, 3.05) is 22.9 Å². The topological polar surface area (TPSA) is 113 Å². The first-order valence-corrected chi connectivity index (χ1v) is 11.4. The molecular weight excluding hydrogens is 412 g/mol. The molecule has 0 aliphatic carbocycles. The van der Waals surface area contributed by atoms with Crippen LogP contribution in [0.5, 0.6) is 5.75 Å². The van der Waals surface area contributed by atoms with Gasteiger partial charge in [0.05, 0.1) is 18.4 Å². The summed E-state index contributed by atoms with van der Waals surface area (Å²) in [6, 6.07) is 13.7. The summed E-state index contributed by atoms with van der Waals surface area (Å²) in [4.78, 5) is 13.6. The molecule has 0 radical (unpaired) electrons. The summed E-state index contributed by atoms with van der Waals surface area (Å²) in [5.74, 6) is 0.0484. The zero-order valence-corrected chi connectivity index (χ0v) is 17.4. The van der Waals surface area contributed by atoms with Crippen LogP contribution in [-0.4, -0.2) is 37.4 Å². The van der Waals surface area contributed by atoms with E-state index in [0.717, 1.165) is 4.90 Å². The molecule has 3 aromatic rings. The number of nitrogens with zero attached hydrogens (tertiary/aromatic N) is 1. The lowest BCUT2D eigenvalue weighted by Crippen LogP contribution is -2.19. The molecular formula is C19H20N4O4S2. The summed E-state index contributed by atoms with van der Waals surface area (Å²) in [6.45, 7) is 2.37. The maximum Gasteiger partial charge on any atom is 0.279 e. The fraction of sp³-hybridized carbons (Fsp3) is 0.158. The molecule has 1 heterocycles. The van der Waals surface area contributed by atoms with Crippen molar-refractivity contribution >= 4 is 39.1 Å². The van der Waals surface area contributed by atoms with Crippen LogP contribution in [0.25, 0.3) is 0 Å². The van der Waals surface area contributed by atoms with E-state index < -0.39 is 15.9 Å². The predicted molar refractivity (Wildman–Crippen MR) is 113 cm³/mol. The number of nitrogens with one attached hydrogen (secondary N) is 3. The van der Waals surface area contributed by atoms with Crippen LogP contribution in [0.3, 0.4) is 0 Å². The van der Waals surface area contributed by atoms with Gasteiger partial charge in [0.25, 0.3) is 15.9 Å². The molecule has 0 aliphatic heterocycles. The number of hydrogen-bond donors (Lipinski definition) is 3. The van der Waals surface area contributed by atoms with Gasteiger partial charge in [-0.25, -0.2) is 0 Å². The summed E-state index contributed by atoms with van der Waals surface area (Å²) in [5.41, 5.74) is 0.802. The second kappa shape index (κ2) is 9.01. The van der Waals surface area contributed by atoms with E-state index >= 15 is 0 Å². The summed E-state index contributed by atoms with van der Waals surface area (Å²) in [7, 11) is -4.05. The fourth-order valence-electron chi connectivity index (χ4n) is 2.51. The number of ether oxygens (including phenoxy) is 1. The van der Waals surface area contributed by atoms with Gasteiger partial charge in [-0.3, -0.25) is 14.6 Å². The fourth-order valence-corrected chi connectivity index (χ4v) is 4.07. The minimum absolute atomic E-state index is 0.0858. The molecule has 0 saturated heterocycles. The molecule has 29 heavy (non-hydrogen) atoms. The van der Waals surface area contributed by atoms with Crippen LogP contribution in [0.4, 0.5) is 11.4 Å². The number of aromatic amines is 1. The number of hydrogen-bond acceptors (Lipinski definition) is 6. The van der Waals surface area contributed by atoms with Crippen molar-refractivity contribution in [1.29, 1.82) is 0 Å². The van der Waals surface area contributed by atoms with Crippen molar-refractivity contribution in [1.82, 2.24) is 10.2 Å². The number of carbonyl (C=O) groups is 1. The normalized spacial score (nSPS) is 11.1. The van der Waals surface area contributed by atoms with Gasteiger partial charge >= 0.3 is 0 Å². The van der Waals surface area contributed by atoms with Crippen LogP contribution in [0.15, 0.2) is 64.6 Å². The van der Waals surface area contributed by atoms with E-state index in [-0.39, 0.29) is 10.6 Å². The lowest BCUT2D eigenvalue weighted by molar-refractivity contribution is 0.102. The van der Waals surface area contributed by atoms with Gasteiger partial charge < -0.3 is 10.1 Å². The van der Waals surface area contributed by atoms with Crippen molar-refractivity contribution in [3.63, 3.8) is 0 Å². The molecule has 3 rings (SSSR count). The van der Waals surface area contributed by atoms with Crippen LogP contribution in [0, 0.1) is 0 Å². The van der Waals surface area contributed by atoms with E-state index in [1.807, 2.05) is 25.3 Å². The number of rotatable bonds is 8. The highest BCUT2D eigenvalue weighted by molar-refractivity contribution is 7.98. The third-order valence-electron chi connectivity index (χ3n) is 3.88. The molecule has 8 nitrogen and oxygen atoms in total. The number of amides is 1. The lowest BCUT2D eigenvalue weighted by Gasteiger charge is -2.10. The molecule has 0 saturated carbocycles. The number of aromatic nitrogens is 2. The summed E-state index contributed by atoms with van der Waals surface area (Å²) in [6.07, 6.45) is 3.13. The molecule has 0 bridgehead atoms. The van der Waals surface area contributed by atoms with Crippen molar-refractivity contribution in [2.24, 2.45) is 0 Å². The van der Waals surface area contributed by atoms with Gasteiger partial charge in [-0.15, -0.1) is 11.8 Å². The lowest BCUT2D eigenvalue weighted by atomic mass is 10.3. The standard InChI is InChI=1S/C19H20N4O4S2/c1-3-27-15-8-4-14(5-9-15)23-29(25,26)19-17(12-20-22-19)18(24)21-13-6-10-16(28-2)11-7-13/h4-12,23H,3H2,1-2H3,(H,20,22)(H,21,24). The van der Waals surface area contributed by atoms with Gasteiger partial charge in [-0.1, -0.05) is 0 Å². The monoisotopic (exact) mass is 432 g/mol. The highest BCUT2D eigenvalue weighted by atomic mass is 32.2. The van der Waals surface area contributed by atoms with Gasteiger partial charge in [0.1, 0.15) is 5.75 Å². The van der Waals surface area contributed by atoms with Gasteiger partial charge in [0.2, 0.25) is 0 Å². The highest BCUT2D eigenvalue weighted by Gasteiger charge is 2.25. The zero-order valence-electron chi connectivity index (χ0n) is 15.8. The summed E-state index contributed by atoms with van der Waals surface area (Å²) in [5, 5.41) is 8.49. The van der Waals surface area contributed by atoms with Crippen LogP contribution >= 0.6 is 11.8 Å². The molecule has 10 heteroatoms. The minimum Gasteiger partial charge on any atom is -0.494 e. The Hall–Kier alpha value is -2.98. The highest BCUT2D eigenvalue weighted by Crippen LogP contribution is 2.22. The van der Waals surface area contributed by atoms with E-state index in [1.54, 1.807) is 48.2 Å². The van der Waals surface area contributed by atoms with Gasteiger partial charge in [-0.05, 0) is 61.7 Å². The Bertz CT molecular complexity index is 1080. The minimum atomic E-state index is -4.05. The Labute approximate surface area is 173 Å². The Morgan fingerprint density at radius 3 is 2.38 bits per heavy atom. The molecule has 3 N–H and O–H groups in total. The van der Waals surface area contributed by atoms with Gasteiger partial charge in [0.15, 0.2) is 5.03 Å². The van der Waals surface area contributed by atoms with E-state index in [4.69, 9.17) is 4.74 Å². The van der Waals surface area contributed by atoms with Crippen LogP contribution in [0.2, 0.25) is 0 Å². The molecule has 1 amide bonds. The first kappa shape index (κ1) is 20.7. The Morgan fingerprint density at radius 1 is 1.10 bits per heavy atom. The van der Waals surface area contributed by atoms with Crippen molar-refractivity contribution in [3.05, 3.63) is 60.3 Å². The predicted octanol–water partition coefficient (Wildman–Crippen LogP) is 3.58. The van der Waals surface area contributed by atoms with Crippen LogP contribution < -0.4 is 14.8 Å². The van der Waals surface area contributed by atoms with Gasteiger partial charge in [-0.2, -0.15) is 13.5 Å². The maximum atomic E-state index is 12.7. The number of benzene rings is 2. The average molecular weight is 433 g/mol. The zero-order chi connectivity index (χ0) is 20.9.